The normalized spacial score (nSPS) is 11.1. The first-order valence-electron chi connectivity index (χ1n) is 7.07. The van der Waals surface area contributed by atoms with Gasteiger partial charge >= 0.3 is 12.2 Å². The highest BCUT2D eigenvalue weighted by atomic mass is 19.4. The van der Waals surface area contributed by atoms with E-state index in [-0.39, 0.29) is 19.5 Å². The van der Waals surface area contributed by atoms with Gasteiger partial charge in [0.1, 0.15) is 0 Å². The Morgan fingerprint density at radius 2 is 1.83 bits per heavy atom. The maximum Gasteiger partial charge on any atom is 0.435 e. The fraction of sp³-hybridized carbons (Fsp3) is 0.267. The molecular weight excluding hydrogens is 325 g/mol. The molecule has 24 heavy (non-hydrogen) atoms. The van der Waals surface area contributed by atoms with Crippen LogP contribution in [-0.2, 0) is 24.1 Å². The number of nitrogens with one attached hydrogen (secondary N) is 2. The van der Waals surface area contributed by atoms with E-state index < -0.39 is 23.8 Å². The molecule has 0 aliphatic heterocycles. The molecule has 0 fully saturated rings. The van der Waals surface area contributed by atoms with Gasteiger partial charge in [0.2, 0.25) is 5.91 Å². The van der Waals surface area contributed by atoms with Crippen LogP contribution in [-0.4, -0.2) is 21.7 Å². The molecule has 0 radical (unpaired) electrons. The number of hydrogen-bond donors (Lipinski definition) is 2. The Balaban J connectivity index is 1.73. The van der Waals surface area contributed by atoms with Gasteiger partial charge in [-0.3, -0.25) is 14.8 Å². The lowest BCUT2D eigenvalue weighted by Crippen LogP contribution is -2.39. The first-order chi connectivity index (χ1) is 11.3. The lowest BCUT2D eigenvalue weighted by Gasteiger charge is -2.07. The number of benzene rings is 1. The predicted molar refractivity (Wildman–Crippen MR) is 78.7 cm³/mol. The number of nitrogens with zero attached hydrogens (tertiary/aromatic N) is 2. The minimum absolute atomic E-state index is 0.0616. The highest BCUT2D eigenvalue weighted by Crippen LogP contribution is 2.27. The molecule has 3 amide bonds. The van der Waals surface area contributed by atoms with Crippen LogP contribution in [0.25, 0.3) is 0 Å². The second-order valence-corrected chi connectivity index (χ2v) is 4.93. The van der Waals surface area contributed by atoms with Gasteiger partial charge < -0.3 is 5.32 Å². The van der Waals surface area contributed by atoms with Crippen molar-refractivity contribution >= 4 is 11.9 Å². The van der Waals surface area contributed by atoms with Crippen LogP contribution < -0.4 is 10.6 Å². The molecule has 0 unspecified atom stereocenters. The molecule has 0 saturated carbocycles. The van der Waals surface area contributed by atoms with Gasteiger partial charge in [0.15, 0.2) is 5.69 Å². The van der Waals surface area contributed by atoms with Gasteiger partial charge in [-0.25, -0.2) is 4.79 Å². The minimum Gasteiger partial charge on any atom is -0.334 e. The van der Waals surface area contributed by atoms with Gasteiger partial charge in [-0.15, -0.1) is 0 Å². The topological polar surface area (TPSA) is 76.0 Å². The standard InChI is InChI=1S/C15H15F3N4O2/c16-15(17,18)12-6-8-22(21-12)9-7-13(23)20-14(24)19-10-11-4-2-1-3-5-11/h1-6,8H,7,9-10H2,(H2,19,20,23,24). The minimum atomic E-state index is -4.52. The van der Waals surface area contributed by atoms with E-state index in [9.17, 15) is 22.8 Å². The Labute approximate surface area is 135 Å². The van der Waals surface area contributed by atoms with Crippen LogP contribution in [0.2, 0.25) is 0 Å². The Bertz CT molecular complexity index is 698. The van der Waals surface area contributed by atoms with E-state index in [1.807, 2.05) is 30.3 Å². The zero-order valence-corrected chi connectivity index (χ0v) is 12.5. The van der Waals surface area contributed by atoms with E-state index in [4.69, 9.17) is 0 Å². The maximum atomic E-state index is 12.4. The molecule has 0 aliphatic rings. The van der Waals surface area contributed by atoms with Crippen LogP contribution in [0.3, 0.4) is 0 Å². The monoisotopic (exact) mass is 340 g/mol. The lowest BCUT2D eigenvalue weighted by molar-refractivity contribution is -0.141. The summed E-state index contributed by atoms with van der Waals surface area (Å²) in [6.45, 7) is 0.196. The molecule has 128 valence electrons. The summed E-state index contributed by atoms with van der Waals surface area (Å²) in [6.07, 6.45) is -3.56. The van der Waals surface area contributed by atoms with Crippen LogP contribution in [0.5, 0.6) is 0 Å². The van der Waals surface area contributed by atoms with Crippen molar-refractivity contribution in [3.05, 3.63) is 53.9 Å². The molecule has 1 aromatic heterocycles. The van der Waals surface area contributed by atoms with E-state index in [0.29, 0.717) is 0 Å². The molecule has 0 atom stereocenters. The first-order valence-corrected chi connectivity index (χ1v) is 7.07. The molecule has 2 N–H and O–H groups in total. The summed E-state index contributed by atoms with van der Waals surface area (Å²) in [5.41, 5.74) is -0.153. The number of amides is 3. The van der Waals surface area contributed by atoms with E-state index in [1.54, 1.807) is 0 Å². The van der Waals surface area contributed by atoms with Gasteiger partial charge in [-0.1, -0.05) is 30.3 Å². The highest BCUT2D eigenvalue weighted by molar-refractivity contribution is 5.94. The molecule has 2 rings (SSSR count). The summed E-state index contributed by atoms with van der Waals surface area (Å²) in [7, 11) is 0. The summed E-state index contributed by atoms with van der Waals surface area (Å²) in [4.78, 5) is 23.2. The predicted octanol–water partition coefficient (Wildman–Crippen LogP) is 2.32. The van der Waals surface area contributed by atoms with Crippen molar-refractivity contribution in [1.82, 2.24) is 20.4 Å². The van der Waals surface area contributed by atoms with Crippen molar-refractivity contribution in [3.63, 3.8) is 0 Å². The Morgan fingerprint density at radius 3 is 2.46 bits per heavy atom. The zero-order chi connectivity index (χ0) is 17.6. The second-order valence-electron chi connectivity index (χ2n) is 4.93. The van der Waals surface area contributed by atoms with E-state index in [1.165, 1.54) is 0 Å². The molecule has 0 spiro atoms. The third-order valence-electron chi connectivity index (χ3n) is 3.05. The average Bonchev–Trinajstić information content (AvgIpc) is 3.01. The number of alkyl halides is 3. The van der Waals surface area contributed by atoms with Crippen molar-refractivity contribution in [2.75, 3.05) is 0 Å². The van der Waals surface area contributed by atoms with E-state index in [0.717, 1.165) is 22.5 Å². The number of carbonyl (C=O) groups excluding carboxylic acids is 2. The van der Waals surface area contributed by atoms with Crippen LogP contribution in [0.15, 0.2) is 42.6 Å². The van der Waals surface area contributed by atoms with Crippen molar-refractivity contribution < 1.29 is 22.8 Å². The van der Waals surface area contributed by atoms with Crippen LogP contribution in [0, 0.1) is 0 Å². The smallest absolute Gasteiger partial charge is 0.334 e. The molecule has 6 nitrogen and oxygen atoms in total. The van der Waals surface area contributed by atoms with Crippen LogP contribution >= 0.6 is 0 Å². The quantitative estimate of drug-likeness (QED) is 0.877. The maximum absolute atomic E-state index is 12.4. The molecule has 0 aliphatic carbocycles. The van der Waals surface area contributed by atoms with Crippen molar-refractivity contribution in [3.8, 4) is 0 Å². The lowest BCUT2D eigenvalue weighted by atomic mass is 10.2. The van der Waals surface area contributed by atoms with Crippen molar-refractivity contribution in [1.29, 1.82) is 0 Å². The number of halogens is 3. The molecule has 0 bridgehead atoms. The first kappa shape index (κ1) is 17.5. The third kappa shape index (κ3) is 5.41. The average molecular weight is 340 g/mol. The third-order valence-corrected chi connectivity index (χ3v) is 3.05. The Kier molecular flexibility index (Phi) is 5.56. The molecule has 1 heterocycles. The fourth-order valence-electron chi connectivity index (χ4n) is 1.87. The number of urea groups is 1. The van der Waals surface area contributed by atoms with E-state index in [2.05, 4.69) is 15.7 Å². The van der Waals surface area contributed by atoms with Gasteiger partial charge in [0.05, 0.1) is 0 Å². The largest absolute Gasteiger partial charge is 0.435 e. The molecule has 2 aromatic rings. The van der Waals surface area contributed by atoms with Crippen LogP contribution in [0.4, 0.5) is 18.0 Å². The number of rotatable bonds is 5. The summed E-state index contributed by atoms with van der Waals surface area (Å²) in [5, 5.41) is 7.93. The van der Waals surface area contributed by atoms with Gasteiger partial charge in [-0.2, -0.15) is 18.3 Å². The molecule has 1 aromatic carbocycles. The summed E-state index contributed by atoms with van der Waals surface area (Å²) in [6, 6.07) is 9.27. The Hall–Kier alpha value is -2.84. The summed E-state index contributed by atoms with van der Waals surface area (Å²) in [5.74, 6) is -0.607. The Morgan fingerprint density at radius 1 is 1.12 bits per heavy atom. The summed E-state index contributed by atoms with van der Waals surface area (Å²) >= 11 is 0. The number of hydrogen-bond acceptors (Lipinski definition) is 3. The van der Waals surface area contributed by atoms with Crippen molar-refractivity contribution in [2.24, 2.45) is 0 Å². The van der Waals surface area contributed by atoms with E-state index >= 15 is 0 Å². The molecular formula is C15H15F3N4O2. The second kappa shape index (κ2) is 7.62. The summed E-state index contributed by atoms with van der Waals surface area (Å²) < 4.78 is 38.2. The molecule has 9 heteroatoms. The number of aryl methyl sites for hydroxylation is 1. The SMILES string of the molecule is O=C(CCn1ccc(C(F)(F)F)n1)NC(=O)NCc1ccccc1. The fourth-order valence-corrected chi connectivity index (χ4v) is 1.87. The van der Waals surface area contributed by atoms with Crippen LogP contribution in [0.1, 0.15) is 17.7 Å². The van der Waals surface area contributed by atoms with Crippen molar-refractivity contribution in [2.45, 2.75) is 25.7 Å². The van der Waals surface area contributed by atoms with Gasteiger partial charge in [0.25, 0.3) is 0 Å². The number of aromatic nitrogens is 2. The number of imide groups is 1. The zero-order valence-electron chi connectivity index (χ0n) is 12.5. The molecule has 0 saturated heterocycles. The highest BCUT2D eigenvalue weighted by Gasteiger charge is 2.33. The van der Waals surface area contributed by atoms with Gasteiger partial charge in [-0.05, 0) is 11.6 Å². The van der Waals surface area contributed by atoms with Gasteiger partial charge in [0, 0.05) is 25.7 Å². The number of carbonyl (C=O) groups is 2.